The molecule has 4 nitrogen and oxygen atoms in total. The standard InChI is InChI=1S/C14H25N3O/c1-14(2)3-4-17(12-13(14)11-15)6-5-16-7-9-18-10-8-16/h13H,3-10,12H2,1-2H3. The number of nitriles is 1. The van der Waals surface area contributed by atoms with Gasteiger partial charge in [0.15, 0.2) is 0 Å². The third-order valence-electron chi connectivity index (χ3n) is 4.45. The first-order valence-electron chi connectivity index (χ1n) is 7.04. The van der Waals surface area contributed by atoms with E-state index in [1.165, 1.54) is 0 Å². The van der Waals surface area contributed by atoms with E-state index < -0.39 is 0 Å². The Morgan fingerprint density at radius 3 is 2.50 bits per heavy atom. The smallest absolute Gasteiger partial charge is 0.0674 e. The van der Waals surface area contributed by atoms with Gasteiger partial charge < -0.3 is 9.64 Å². The number of hydrogen-bond donors (Lipinski definition) is 0. The topological polar surface area (TPSA) is 39.5 Å². The molecule has 2 saturated heterocycles. The van der Waals surface area contributed by atoms with Crippen molar-refractivity contribution < 1.29 is 4.74 Å². The van der Waals surface area contributed by atoms with Crippen LogP contribution < -0.4 is 0 Å². The van der Waals surface area contributed by atoms with Gasteiger partial charge in [0.05, 0.1) is 25.2 Å². The molecule has 0 amide bonds. The molecule has 2 aliphatic rings. The van der Waals surface area contributed by atoms with E-state index in [4.69, 9.17) is 4.74 Å². The normalized spacial score (nSPS) is 29.9. The van der Waals surface area contributed by atoms with Gasteiger partial charge in [-0.25, -0.2) is 0 Å². The maximum atomic E-state index is 9.26. The van der Waals surface area contributed by atoms with E-state index in [0.717, 1.165) is 58.9 Å². The molecular weight excluding hydrogens is 226 g/mol. The van der Waals surface area contributed by atoms with Gasteiger partial charge in [-0.2, -0.15) is 5.26 Å². The number of rotatable bonds is 3. The van der Waals surface area contributed by atoms with E-state index in [1.807, 2.05) is 0 Å². The number of morpholine rings is 1. The van der Waals surface area contributed by atoms with Crippen LogP contribution in [0.1, 0.15) is 20.3 Å². The Morgan fingerprint density at radius 1 is 1.17 bits per heavy atom. The van der Waals surface area contributed by atoms with Crippen molar-refractivity contribution >= 4 is 0 Å². The van der Waals surface area contributed by atoms with Crippen LogP contribution in [0.4, 0.5) is 0 Å². The van der Waals surface area contributed by atoms with Gasteiger partial charge in [-0.05, 0) is 18.4 Å². The zero-order valence-corrected chi connectivity index (χ0v) is 11.7. The summed E-state index contributed by atoms with van der Waals surface area (Å²) in [5, 5.41) is 9.26. The molecule has 0 saturated carbocycles. The molecule has 0 aromatic heterocycles. The highest BCUT2D eigenvalue weighted by Crippen LogP contribution is 2.34. The van der Waals surface area contributed by atoms with Crippen molar-refractivity contribution in [3.8, 4) is 6.07 Å². The van der Waals surface area contributed by atoms with Crippen LogP contribution in [0.3, 0.4) is 0 Å². The summed E-state index contributed by atoms with van der Waals surface area (Å²) < 4.78 is 5.35. The lowest BCUT2D eigenvalue weighted by Crippen LogP contribution is -2.48. The summed E-state index contributed by atoms with van der Waals surface area (Å²) in [5.74, 6) is 0.177. The van der Waals surface area contributed by atoms with Crippen LogP contribution in [0.25, 0.3) is 0 Å². The maximum absolute atomic E-state index is 9.26. The lowest BCUT2D eigenvalue weighted by atomic mass is 9.74. The highest BCUT2D eigenvalue weighted by molar-refractivity contribution is 4.98. The van der Waals surface area contributed by atoms with Gasteiger partial charge in [-0.1, -0.05) is 13.8 Å². The lowest BCUT2D eigenvalue weighted by Gasteiger charge is -2.41. The molecule has 102 valence electrons. The summed E-state index contributed by atoms with van der Waals surface area (Å²) >= 11 is 0. The molecule has 0 aliphatic carbocycles. The van der Waals surface area contributed by atoms with Crippen LogP contribution in [-0.2, 0) is 4.74 Å². The predicted octanol–water partition coefficient (Wildman–Crippen LogP) is 1.19. The first kappa shape index (κ1) is 13.8. The Labute approximate surface area is 110 Å². The van der Waals surface area contributed by atoms with Crippen LogP contribution in [0.5, 0.6) is 0 Å². The monoisotopic (exact) mass is 251 g/mol. The van der Waals surface area contributed by atoms with Crippen LogP contribution in [0, 0.1) is 22.7 Å². The first-order valence-corrected chi connectivity index (χ1v) is 7.04. The van der Waals surface area contributed by atoms with Crippen molar-refractivity contribution in [2.45, 2.75) is 20.3 Å². The van der Waals surface area contributed by atoms with Gasteiger partial charge in [-0.3, -0.25) is 4.90 Å². The second-order valence-electron chi connectivity index (χ2n) is 6.17. The molecule has 18 heavy (non-hydrogen) atoms. The minimum absolute atomic E-state index is 0.177. The predicted molar refractivity (Wildman–Crippen MR) is 71.2 cm³/mol. The van der Waals surface area contributed by atoms with E-state index in [0.29, 0.717) is 0 Å². The zero-order valence-electron chi connectivity index (χ0n) is 11.7. The summed E-state index contributed by atoms with van der Waals surface area (Å²) in [6.45, 7) is 12.6. The summed E-state index contributed by atoms with van der Waals surface area (Å²) in [5.41, 5.74) is 0.185. The van der Waals surface area contributed by atoms with E-state index in [1.54, 1.807) is 0 Å². The molecule has 0 aromatic rings. The third kappa shape index (κ3) is 3.44. The second-order valence-corrected chi connectivity index (χ2v) is 6.17. The fraction of sp³-hybridized carbons (Fsp3) is 0.929. The minimum Gasteiger partial charge on any atom is -0.379 e. The largest absolute Gasteiger partial charge is 0.379 e. The molecule has 4 heteroatoms. The fourth-order valence-electron chi connectivity index (χ4n) is 2.74. The average molecular weight is 251 g/mol. The molecule has 2 heterocycles. The Morgan fingerprint density at radius 2 is 1.83 bits per heavy atom. The highest BCUT2D eigenvalue weighted by Gasteiger charge is 2.35. The van der Waals surface area contributed by atoms with Crippen LogP contribution in [0.15, 0.2) is 0 Å². The maximum Gasteiger partial charge on any atom is 0.0674 e. The Kier molecular flexibility index (Phi) is 4.60. The molecule has 2 aliphatic heterocycles. The van der Waals surface area contributed by atoms with Gasteiger partial charge in [0.25, 0.3) is 0 Å². The third-order valence-corrected chi connectivity index (χ3v) is 4.45. The van der Waals surface area contributed by atoms with Crippen LogP contribution >= 0.6 is 0 Å². The van der Waals surface area contributed by atoms with Crippen LogP contribution in [-0.4, -0.2) is 62.3 Å². The quantitative estimate of drug-likeness (QED) is 0.755. The molecular formula is C14H25N3O. The summed E-state index contributed by atoms with van der Waals surface area (Å²) in [7, 11) is 0. The number of likely N-dealkylation sites (tertiary alicyclic amines) is 1. The Hall–Kier alpha value is -0.630. The summed E-state index contributed by atoms with van der Waals surface area (Å²) in [4.78, 5) is 4.92. The molecule has 0 aromatic carbocycles. The molecule has 2 rings (SSSR count). The number of hydrogen-bond acceptors (Lipinski definition) is 4. The van der Waals surface area contributed by atoms with Crippen molar-refractivity contribution in [1.29, 1.82) is 5.26 Å². The van der Waals surface area contributed by atoms with Crippen molar-refractivity contribution in [2.75, 3.05) is 52.5 Å². The second kappa shape index (κ2) is 6.01. The van der Waals surface area contributed by atoms with Gasteiger partial charge in [-0.15, -0.1) is 0 Å². The summed E-state index contributed by atoms with van der Waals surface area (Å²) in [6, 6.07) is 2.49. The van der Waals surface area contributed by atoms with Gasteiger partial charge in [0.1, 0.15) is 0 Å². The van der Waals surface area contributed by atoms with Gasteiger partial charge in [0.2, 0.25) is 0 Å². The average Bonchev–Trinajstić information content (AvgIpc) is 2.38. The highest BCUT2D eigenvalue weighted by atomic mass is 16.5. The lowest BCUT2D eigenvalue weighted by molar-refractivity contribution is 0.0258. The molecule has 1 atom stereocenters. The first-order chi connectivity index (χ1) is 8.62. The molecule has 0 spiro atoms. The van der Waals surface area contributed by atoms with E-state index in [-0.39, 0.29) is 11.3 Å². The van der Waals surface area contributed by atoms with Crippen LogP contribution in [0.2, 0.25) is 0 Å². The minimum atomic E-state index is 0.177. The SMILES string of the molecule is CC1(C)CCN(CCN2CCOCC2)CC1C#N. The van der Waals surface area contributed by atoms with Gasteiger partial charge >= 0.3 is 0 Å². The summed E-state index contributed by atoms with van der Waals surface area (Å²) in [6.07, 6.45) is 1.13. The van der Waals surface area contributed by atoms with Crippen molar-refractivity contribution in [3.05, 3.63) is 0 Å². The van der Waals surface area contributed by atoms with Gasteiger partial charge in [0, 0.05) is 32.7 Å². The number of piperidine rings is 1. The van der Waals surface area contributed by atoms with E-state index >= 15 is 0 Å². The molecule has 2 fully saturated rings. The van der Waals surface area contributed by atoms with Crippen molar-refractivity contribution in [1.82, 2.24) is 9.80 Å². The van der Waals surface area contributed by atoms with E-state index in [2.05, 4.69) is 29.7 Å². The van der Waals surface area contributed by atoms with Crippen molar-refractivity contribution in [3.63, 3.8) is 0 Å². The number of nitrogens with zero attached hydrogens (tertiary/aromatic N) is 3. The molecule has 1 unspecified atom stereocenters. The fourth-order valence-corrected chi connectivity index (χ4v) is 2.74. The molecule has 0 bridgehead atoms. The molecule has 0 N–H and O–H groups in total. The number of ether oxygens (including phenoxy) is 1. The van der Waals surface area contributed by atoms with Crippen molar-refractivity contribution in [2.24, 2.45) is 11.3 Å². The Bertz CT molecular complexity index is 305. The van der Waals surface area contributed by atoms with E-state index in [9.17, 15) is 5.26 Å². The Balaban J connectivity index is 1.76. The molecule has 0 radical (unpaired) electrons. The zero-order chi connectivity index (χ0) is 13.0.